The number of nitrogens with two attached hydrogens (primary N) is 1. The van der Waals surface area contributed by atoms with E-state index in [4.69, 9.17) is 5.73 Å². The lowest BCUT2D eigenvalue weighted by Gasteiger charge is -2.43. The van der Waals surface area contributed by atoms with Crippen molar-refractivity contribution in [1.29, 1.82) is 0 Å². The zero-order valence-electron chi connectivity index (χ0n) is 11.4. The highest BCUT2D eigenvalue weighted by molar-refractivity contribution is 7.89. The fourth-order valence-electron chi connectivity index (χ4n) is 3.09. The highest BCUT2D eigenvalue weighted by Crippen LogP contribution is 2.27. The molecule has 2 saturated heterocycles. The molecule has 2 aliphatic rings. The number of aromatic nitrogens is 1. The Morgan fingerprint density at radius 1 is 1.25 bits per heavy atom. The number of piperazine rings is 1. The average molecular weight is 296 g/mol. The lowest BCUT2D eigenvalue weighted by atomic mass is 10.0. The Balaban J connectivity index is 1.84. The summed E-state index contributed by atoms with van der Waals surface area (Å²) in [7, 11) is -3.52. The molecule has 7 heteroatoms. The first kappa shape index (κ1) is 13.8. The highest BCUT2D eigenvalue weighted by atomic mass is 32.2. The Kier molecular flexibility index (Phi) is 3.66. The standard InChI is InChI=1S/C13H20N4O2S/c14-12-4-5-15-9-13(12)20(18,19)17-8-7-16-6-2-1-3-11(16)10-17/h4-5,9,11H,1-3,6-8,10H2,(H2,14,15). The first-order chi connectivity index (χ1) is 9.59. The van der Waals surface area contributed by atoms with E-state index in [9.17, 15) is 8.42 Å². The zero-order chi connectivity index (χ0) is 14.2. The smallest absolute Gasteiger partial charge is 0.246 e. The average Bonchev–Trinajstić information content (AvgIpc) is 2.47. The third-order valence-electron chi connectivity index (χ3n) is 4.23. The van der Waals surface area contributed by atoms with Crippen LogP contribution in [0.3, 0.4) is 0 Å². The molecule has 2 aliphatic heterocycles. The summed E-state index contributed by atoms with van der Waals surface area (Å²) in [5.41, 5.74) is 6.06. The molecular formula is C13H20N4O2S. The maximum Gasteiger partial charge on any atom is 0.246 e. The number of fused-ring (bicyclic) bond motifs is 1. The Bertz CT molecular complexity index is 590. The van der Waals surface area contributed by atoms with Crippen molar-refractivity contribution in [3.05, 3.63) is 18.5 Å². The van der Waals surface area contributed by atoms with E-state index < -0.39 is 10.0 Å². The number of anilines is 1. The van der Waals surface area contributed by atoms with Gasteiger partial charge in [-0.1, -0.05) is 6.42 Å². The second-order valence-corrected chi connectivity index (χ2v) is 7.37. The van der Waals surface area contributed by atoms with Crippen molar-refractivity contribution >= 4 is 15.7 Å². The molecule has 1 aromatic heterocycles. The molecule has 0 bridgehead atoms. The quantitative estimate of drug-likeness (QED) is 0.861. The Morgan fingerprint density at radius 2 is 2.10 bits per heavy atom. The number of sulfonamides is 1. The molecule has 0 radical (unpaired) electrons. The lowest BCUT2D eigenvalue weighted by Crippen LogP contribution is -2.56. The predicted octanol–water partition coefficient (Wildman–Crippen LogP) is 0.523. The van der Waals surface area contributed by atoms with E-state index >= 15 is 0 Å². The molecule has 0 aliphatic carbocycles. The fourth-order valence-corrected chi connectivity index (χ4v) is 4.62. The van der Waals surface area contributed by atoms with Crippen molar-refractivity contribution in [2.75, 3.05) is 31.9 Å². The van der Waals surface area contributed by atoms with Gasteiger partial charge in [0.15, 0.2) is 0 Å². The monoisotopic (exact) mass is 296 g/mol. The first-order valence-corrected chi connectivity index (χ1v) is 8.47. The SMILES string of the molecule is Nc1ccncc1S(=O)(=O)N1CCN2CCCCC2C1. The van der Waals surface area contributed by atoms with Gasteiger partial charge in [0.05, 0.1) is 5.69 Å². The van der Waals surface area contributed by atoms with Gasteiger partial charge in [0.1, 0.15) is 4.90 Å². The van der Waals surface area contributed by atoms with E-state index in [1.807, 2.05) is 0 Å². The highest BCUT2D eigenvalue weighted by Gasteiger charge is 2.35. The van der Waals surface area contributed by atoms with Crippen molar-refractivity contribution in [3.63, 3.8) is 0 Å². The van der Waals surface area contributed by atoms with Crippen molar-refractivity contribution in [1.82, 2.24) is 14.2 Å². The molecule has 20 heavy (non-hydrogen) atoms. The molecule has 110 valence electrons. The van der Waals surface area contributed by atoms with Gasteiger partial charge in [0, 0.05) is 38.1 Å². The van der Waals surface area contributed by atoms with Crippen LogP contribution in [-0.4, -0.2) is 54.8 Å². The van der Waals surface area contributed by atoms with Crippen LogP contribution in [0.5, 0.6) is 0 Å². The molecule has 2 fully saturated rings. The summed E-state index contributed by atoms with van der Waals surface area (Å²) >= 11 is 0. The minimum absolute atomic E-state index is 0.129. The molecule has 3 heterocycles. The number of hydrogen-bond acceptors (Lipinski definition) is 5. The van der Waals surface area contributed by atoms with E-state index in [1.54, 1.807) is 4.31 Å². The summed E-state index contributed by atoms with van der Waals surface area (Å²) in [6.45, 7) is 3.00. The summed E-state index contributed by atoms with van der Waals surface area (Å²) in [6.07, 6.45) is 6.34. The number of rotatable bonds is 2. The molecule has 0 spiro atoms. The Morgan fingerprint density at radius 3 is 2.90 bits per heavy atom. The first-order valence-electron chi connectivity index (χ1n) is 7.03. The second kappa shape index (κ2) is 5.31. The van der Waals surface area contributed by atoms with Crippen molar-refractivity contribution in [2.45, 2.75) is 30.2 Å². The van der Waals surface area contributed by atoms with Gasteiger partial charge in [-0.2, -0.15) is 4.31 Å². The third kappa shape index (κ3) is 2.41. The molecule has 1 aromatic rings. The van der Waals surface area contributed by atoms with Crippen LogP contribution in [0.4, 0.5) is 5.69 Å². The summed E-state index contributed by atoms with van der Waals surface area (Å²) in [5.74, 6) is 0. The van der Waals surface area contributed by atoms with E-state index in [0.717, 1.165) is 19.5 Å². The molecular weight excluding hydrogens is 276 g/mol. The number of nitrogen functional groups attached to an aromatic ring is 1. The molecule has 6 nitrogen and oxygen atoms in total. The number of hydrogen-bond donors (Lipinski definition) is 1. The van der Waals surface area contributed by atoms with Gasteiger partial charge in [-0.15, -0.1) is 0 Å². The van der Waals surface area contributed by atoms with Gasteiger partial charge in [-0.05, 0) is 25.5 Å². The van der Waals surface area contributed by atoms with E-state index in [1.165, 1.54) is 31.3 Å². The molecule has 0 saturated carbocycles. The van der Waals surface area contributed by atoms with E-state index in [2.05, 4.69) is 9.88 Å². The normalized spacial score (nSPS) is 25.3. The fraction of sp³-hybridized carbons (Fsp3) is 0.615. The topological polar surface area (TPSA) is 79.5 Å². The van der Waals surface area contributed by atoms with E-state index in [0.29, 0.717) is 19.1 Å². The maximum atomic E-state index is 12.7. The van der Waals surface area contributed by atoms with Crippen LogP contribution >= 0.6 is 0 Å². The van der Waals surface area contributed by atoms with Gasteiger partial charge in [-0.3, -0.25) is 9.88 Å². The van der Waals surface area contributed by atoms with Crippen LogP contribution in [0, 0.1) is 0 Å². The van der Waals surface area contributed by atoms with Crippen LogP contribution in [-0.2, 0) is 10.0 Å². The van der Waals surface area contributed by atoms with Crippen LogP contribution < -0.4 is 5.73 Å². The van der Waals surface area contributed by atoms with Crippen LogP contribution in [0.25, 0.3) is 0 Å². The minimum Gasteiger partial charge on any atom is -0.398 e. The summed E-state index contributed by atoms with van der Waals surface area (Å²) < 4.78 is 26.9. The third-order valence-corrected chi connectivity index (χ3v) is 6.14. The molecule has 0 amide bonds. The minimum atomic E-state index is -3.52. The van der Waals surface area contributed by atoms with Gasteiger partial charge in [0.25, 0.3) is 0 Å². The van der Waals surface area contributed by atoms with E-state index in [-0.39, 0.29) is 10.6 Å². The van der Waals surface area contributed by atoms with Gasteiger partial charge in [-0.25, -0.2) is 8.42 Å². The van der Waals surface area contributed by atoms with Crippen molar-refractivity contribution in [3.8, 4) is 0 Å². The number of piperidine rings is 1. The molecule has 1 atom stereocenters. The Hall–Kier alpha value is -1.18. The molecule has 0 aromatic carbocycles. The largest absolute Gasteiger partial charge is 0.398 e. The van der Waals surface area contributed by atoms with Gasteiger partial charge >= 0.3 is 0 Å². The summed E-state index contributed by atoms with van der Waals surface area (Å²) in [6, 6.07) is 1.88. The van der Waals surface area contributed by atoms with Crippen molar-refractivity contribution in [2.24, 2.45) is 0 Å². The zero-order valence-corrected chi connectivity index (χ0v) is 12.2. The molecule has 2 N–H and O–H groups in total. The second-order valence-electron chi connectivity index (χ2n) is 5.46. The lowest BCUT2D eigenvalue weighted by molar-refractivity contribution is 0.0852. The van der Waals surface area contributed by atoms with Crippen LogP contribution in [0.2, 0.25) is 0 Å². The van der Waals surface area contributed by atoms with Gasteiger partial charge in [0.2, 0.25) is 10.0 Å². The van der Waals surface area contributed by atoms with Crippen LogP contribution in [0.15, 0.2) is 23.4 Å². The van der Waals surface area contributed by atoms with Crippen molar-refractivity contribution < 1.29 is 8.42 Å². The molecule has 3 rings (SSSR count). The summed E-state index contributed by atoms with van der Waals surface area (Å²) in [4.78, 5) is 6.43. The maximum absolute atomic E-state index is 12.7. The molecule has 1 unspecified atom stereocenters. The van der Waals surface area contributed by atoms with Crippen LogP contribution in [0.1, 0.15) is 19.3 Å². The number of pyridine rings is 1. The Labute approximate surface area is 119 Å². The van der Waals surface area contributed by atoms with Gasteiger partial charge < -0.3 is 5.73 Å². The predicted molar refractivity (Wildman–Crippen MR) is 76.6 cm³/mol. The summed E-state index contributed by atoms with van der Waals surface area (Å²) in [5, 5.41) is 0. The number of nitrogens with zero attached hydrogens (tertiary/aromatic N) is 3.